The van der Waals surface area contributed by atoms with E-state index in [2.05, 4.69) is 206 Å². The van der Waals surface area contributed by atoms with Gasteiger partial charge in [-0.2, -0.15) is 0 Å². The van der Waals surface area contributed by atoms with Crippen LogP contribution in [0.4, 0.5) is 0 Å². The summed E-state index contributed by atoms with van der Waals surface area (Å²) >= 11 is 0. The monoisotopic (exact) mass is 730 g/mol. The molecule has 0 atom stereocenters. The molecule has 0 amide bonds. The highest BCUT2D eigenvalue weighted by molar-refractivity contribution is 6.28. The van der Waals surface area contributed by atoms with Crippen LogP contribution in [0, 0.1) is 0 Å². The van der Waals surface area contributed by atoms with E-state index in [1.165, 1.54) is 131 Å². The van der Waals surface area contributed by atoms with Crippen LogP contribution in [0.25, 0.3) is 131 Å². The molecule has 0 aliphatic rings. The number of benzene rings is 13. The Morgan fingerprint density at radius 3 is 1.31 bits per heavy atom. The van der Waals surface area contributed by atoms with Gasteiger partial charge in [0.15, 0.2) is 0 Å². The van der Waals surface area contributed by atoms with Crippen molar-refractivity contribution in [1.29, 1.82) is 0 Å². The highest BCUT2D eigenvalue weighted by atomic mass is 14.2. The zero-order valence-corrected chi connectivity index (χ0v) is 31.6. The molecule has 0 nitrogen and oxygen atoms in total. The third-order valence-electron chi connectivity index (χ3n) is 12.9. The number of rotatable bonds is 4. The maximum atomic E-state index is 2.45. The summed E-state index contributed by atoms with van der Waals surface area (Å²) in [6, 6.07) is 77.5. The Kier molecular flexibility index (Phi) is 6.54. The Morgan fingerprint density at radius 1 is 0.190 bits per heavy atom. The highest BCUT2D eigenvalue weighted by Gasteiger charge is 2.21. The van der Waals surface area contributed by atoms with E-state index in [9.17, 15) is 0 Å². The molecule has 0 heteroatoms. The summed E-state index contributed by atoms with van der Waals surface area (Å²) in [6.07, 6.45) is 0. The third kappa shape index (κ3) is 4.52. The van der Waals surface area contributed by atoms with Crippen molar-refractivity contribution in [3.63, 3.8) is 0 Å². The summed E-state index contributed by atoms with van der Waals surface area (Å²) in [6.45, 7) is 0. The Balaban J connectivity index is 1.11. The molecule has 0 bridgehead atoms. The van der Waals surface area contributed by atoms with E-state index >= 15 is 0 Å². The van der Waals surface area contributed by atoms with Gasteiger partial charge >= 0.3 is 0 Å². The summed E-state index contributed by atoms with van der Waals surface area (Å²) < 4.78 is 0. The van der Waals surface area contributed by atoms with Crippen molar-refractivity contribution in [2.24, 2.45) is 0 Å². The van der Waals surface area contributed by atoms with Crippen molar-refractivity contribution in [1.82, 2.24) is 0 Å². The van der Waals surface area contributed by atoms with E-state index < -0.39 is 0 Å². The van der Waals surface area contributed by atoms with Gasteiger partial charge in [0.2, 0.25) is 0 Å². The number of hydrogen-bond acceptors (Lipinski definition) is 0. The zero-order chi connectivity index (χ0) is 37.9. The lowest BCUT2D eigenvalue weighted by molar-refractivity contribution is 1.59. The molecule has 0 radical (unpaired) electrons. The molecule has 0 spiro atoms. The summed E-state index contributed by atoms with van der Waals surface area (Å²) in [5.74, 6) is 0. The smallest absolute Gasteiger partial charge is 0.00204 e. The van der Waals surface area contributed by atoms with Gasteiger partial charge in [-0.15, -0.1) is 0 Å². The Hall–Kier alpha value is -7.54. The van der Waals surface area contributed by atoms with Gasteiger partial charge in [-0.3, -0.25) is 0 Å². The van der Waals surface area contributed by atoms with Gasteiger partial charge < -0.3 is 0 Å². The topological polar surface area (TPSA) is 0 Å². The standard InChI is InChI=1S/C58H34/c1-2-9-43-33-44(20-15-35(43)7-1)53-34-45(46-27-22-41-18-16-37-10-5-12-39-23-30-49(46)56(41)54(37)39)26-28-48(53)50-29-21-36-8-3-4-14-47(36)58(50)52-32-25-42-19-17-38-11-6-13-40-24-31-51(52)57(42)55(38)40/h1-34H. The quantitative estimate of drug-likeness (QED) is 0.158. The molecule has 266 valence electrons. The minimum absolute atomic E-state index is 1.21. The fourth-order valence-electron chi connectivity index (χ4n) is 10.3. The first kappa shape index (κ1) is 31.6. The molecule has 13 aromatic rings. The van der Waals surface area contributed by atoms with Crippen molar-refractivity contribution in [2.75, 3.05) is 0 Å². The molecule has 0 heterocycles. The number of fused-ring (bicyclic) bond motifs is 2. The van der Waals surface area contributed by atoms with Crippen LogP contribution in [0.3, 0.4) is 0 Å². The van der Waals surface area contributed by atoms with Crippen LogP contribution in [0.15, 0.2) is 206 Å². The van der Waals surface area contributed by atoms with Crippen molar-refractivity contribution in [2.45, 2.75) is 0 Å². The van der Waals surface area contributed by atoms with Crippen molar-refractivity contribution in [3.8, 4) is 44.5 Å². The molecule has 0 aliphatic carbocycles. The molecule has 13 rings (SSSR count). The highest BCUT2D eigenvalue weighted by Crippen LogP contribution is 2.48. The lowest BCUT2D eigenvalue weighted by Crippen LogP contribution is -1.94. The fraction of sp³-hybridized carbons (Fsp3) is 0. The molecule has 0 saturated heterocycles. The van der Waals surface area contributed by atoms with Crippen LogP contribution in [-0.2, 0) is 0 Å². The molecule has 0 fully saturated rings. The molecule has 0 saturated carbocycles. The van der Waals surface area contributed by atoms with Gasteiger partial charge in [0.1, 0.15) is 0 Å². The van der Waals surface area contributed by atoms with Crippen LogP contribution < -0.4 is 0 Å². The Bertz CT molecular complexity index is 3760. The van der Waals surface area contributed by atoms with Gasteiger partial charge in [0.25, 0.3) is 0 Å². The van der Waals surface area contributed by atoms with Gasteiger partial charge in [-0.25, -0.2) is 0 Å². The molecule has 0 aliphatic heterocycles. The lowest BCUT2D eigenvalue weighted by atomic mass is 9.82. The van der Waals surface area contributed by atoms with Gasteiger partial charge in [0, 0.05) is 0 Å². The molecule has 13 aromatic carbocycles. The maximum Gasteiger partial charge on any atom is -0.00204 e. The Labute approximate surface area is 335 Å². The van der Waals surface area contributed by atoms with Gasteiger partial charge in [-0.05, 0) is 143 Å². The maximum absolute atomic E-state index is 2.45. The molecule has 0 unspecified atom stereocenters. The van der Waals surface area contributed by atoms with Gasteiger partial charge in [-0.1, -0.05) is 194 Å². The third-order valence-corrected chi connectivity index (χ3v) is 12.9. The van der Waals surface area contributed by atoms with E-state index in [4.69, 9.17) is 0 Å². The summed E-state index contributed by atoms with van der Waals surface area (Å²) in [4.78, 5) is 0. The predicted octanol–water partition coefficient (Wildman–Crippen LogP) is 16.5. The largest absolute Gasteiger partial charge is 0.0616 e. The Morgan fingerprint density at radius 2 is 0.621 bits per heavy atom. The van der Waals surface area contributed by atoms with Crippen molar-refractivity contribution >= 4 is 86.2 Å². The second-order valence-corrected chi connectivity index (χ2v) is 16.0. The zero-order valence-electron chi connectivity index (χ0n) is 31.6. The molecule has 0 N–H and O–H groups in total. The summed E-state index contributed by atoms with van der Waals surface area (Å²) in [7, 11) is 0. The fourth-order valence-corrected chi connectivity index (χ4v) is 10.3. The van der Waals surface area contributed by atoms with E-state index in [-0.39, 0.29) is 0 Å². The summed E-state index contributed by atoms with van der Waals surface area (Å²) in [5, 5.41) is 20.6. The van der Waals surface area contributed by atoms with E-state index in [1.54, 1.807) is 0 Å². The first-order chi connectivity index (χ1) is 28.7. The molecular formula is C58H34. The van der Waals surface area contributed by atoms with Crippen LogP contribution in [-0.4, -0.2) is 0 Å². The second-order valence-electron chi connectivity index (χ2n) is 16.0. The summed E-state index contributed by atoms with van der Waals surface area (Å²) in [5.41, 5.74) is 9.90. The predicted molar refractivity (Wildman–Crippen MR) is 251 cm³/mol. The average molecular weight is 731 g/mol. The molecule has 0 aromatic heterocycles. The van der Waals surface area contributed by atoms with Crippen LogP contribution >= 0.6 is 0 Å². The lowest BCUT2D eigenvalue weighted by Gasteiger charge is -2.21. The van der Waals surface area contributed by atoms with E-state index in [1.807, 2.05) is 0 Å². The van der Waals surface area contributed by atoms with Crippen LogP contribution in [0.2, 0.25) is 0 Å². The van der Waals surface area contributed by atoms with Crippen LogP contribution in [0.5, 0.6) is 0 Å². The average Bonchev–Trinajstić information content (AvgIpc) is 3.29. The number of hydrogen-bond donors (Lipinski definition) is 0. The van der Waals surface area contributed by atoms with Crippen molar-refractivity contribution in [3.05, 3.63) is 206 Å². The van der Waals surface area contributed by atoms with E-state index in [0.29, 0.717) is 0 Å². The minimum atomic E-state index is 1.21. The molecular weight excluding hydrogens is 697 g/mol. The van der Waals surface area contributed by atoms with Crippen LogP contribution in [0.1, 0.15) is 0 Å². The van der Waals surface area contributed by atoms with E-state index in [0.717, 1.165) is 0 Å². The SMILES string of the molecule is c1ccc2cc(-c3cc(-c4ccc5ccc6cccc7ccc4c5c67)ccc3-c3ccc4ccccc4c3-c3ccc4ccc5cccc6ccc3c4c56)ccc2c1. The normalized spacial score (nSPS) is 12.1. The first-order valence-corrected chi connectivity index (χ1v) is 20.2. The minimum Gasteiger partial charge on any atom is -0.0616 e. The van der Waals surface area contributed by atoms with Crippen molar-refractivity contribution < 1.29 is 0 Å². The second kappa shape index (κ2) is 12.0. The molecule has 58 heavy (non-hydrogen) atoms. The first-order valence-electron chi connectivity index (χ1n) is 20.2. The van der Waals surface area contributed by atoms with Gasteiger partial charge in [0.05, 0.1) is 0 Å².